The highest BCUT2D eigenvalue weighted by Crippen LogP contribution is 2.48. The average molecular weight is 811 g/mol. The number of amides is 4. The van der Waals surface area contributed by atoms with E-state index in [-0.39, 0.29) is 58.0 Å². The SMILES string of the molecule is COc1ccc2c(O[C@H]3C[C@H]4C(=O)N(C)CCCC/C=C\[C@@H]5C[C@@]5(C(=O)NS(=O)(=O)C5(C)CC5)NC(=O)N4C3)cc(-c3nc(C(F)(F)F)cs3)nc2c1Cl. The molecule has 2 aliphatic heterocycles. The molecule has 2 saturated carbocycles. The molecule has 3 fully saturated rings. The van der Waals surface area contributed by atoms with Crippen molar-refractivity contribution in [2.24, 2.45) is 5.92 Å². The molecule has 4 amide bonds. The summed E-state index contributed by atoms with van der Waals surface area (Å²) in [4.78, 5) is 52.9. The zero-order valence-corrected chi connectivity index (χ0v) is 31.9. The van der Waals surface area contributed by atoms with Crippen molar-refractivity contribution in [3.8, 4) is 22.2 Å². The number of aromatic nitrogens is 2. The number of fused-ring (bicyclic) bond motifs is 3. The molecule has 4 aliphatic rings. The number of halogens is 4. The van der Waals surface area contributed by atoms with Crippen LogP contribution in [0.15, 0.2) is 35.7 Å². The molecule has 1 saturated heterocycles. The predicted octanol–water partition coefficient (Wildman–Crippen LogP) is 5.53. The number of likely N-dealkylation sites (N-methyl/N-ethyl adjacent to an activating group) is 1. The fourth-order valence-electron chi connectivity index (χ4n) is 6.88. The Labute approximate surface area is 318 Å². The lowest BCUT2D eigenvalue weighted by Gasteiger charge is -2.30. The molecule has 0 unspecified atom stereocenters. The number of carbonyl (C=O) groups is 3. The van der Waals surface area contributed by atoms with E-state index in [1.165, 1.54) is 18.1 Å². The van der Waals surface area contributed by atoms with Gasteiger partial charge in [0.2, 0.25) is 15.9 Å². The lowest BCUT2D eigenvalue weighted by atomic mass is 10.1. The smallest absolute Gasteiger partial charge is 0.434 e. The normalized spacial score (nSPS) is 26.3. The lowest BCUT2D eigenvalue weighted by molar-refractivity contribution is -0.140. The zero-order valence-electron chi connectivity index (χ0n) is 29.5. The van der Waals surface area contributed by atoms with Crippen LogP contribution in [0.4, 0.5) is 18.0 Å². The van der Waals surface area contributed by atoms with Gasteiger partial charge in [0.05, 0.1) is 23.9 Å². The molecule has 4 heterocycles. The number of methoxy groups -OCH3 is 1. The number of allylic oxidation sites excluding steroid dienone is 1. The number of ether oxygens (including phenoxy) is 2. The van der Waals surface area contributed by atoms with Gasteiger partial charge in [0.25, 0.3) is 5.91 Å². The highest BCUT2D eigenvalue weighted by molar-refractivity contribution is 7.91. The number of hydrogen-bond acceptors (Lipinski definition) is 10. The van der Waals surface area contributed by atoms with Crippen LogP contribution in [0.1, 0.15) is 57.6 Å². The summed E-state index contributed by atoms with van der Waals surface area (Å²) in [7, 11) is -0.960. The Bertz CT molecular complexity index is 2160. The number of thiazole rings is 1. The van der Waals surface area contributed by atoms with Gasteiger partial charge >= 0.3 is 12.2 Å². The van der Waals surface area contributed by atoms with E-state index in [0.717, 1.165) is 23.1 Å². The van der Waals surface area contributed by atoms with Crippen molar-refractivity contribution in [1.29, 1.82) is 0 Å². The molecule has 13 nitrogen and oxygen atoms in total. The first-order chi connectivity index (χ1) is 25.5. The molecule has 54 heavy (non-hydrogen) atoms. The topological polar surface area (TPSA) is 160 Å². The molecule has 0 bridgehead atoms. The molecule has 4 atom stereocenters. The second-order valence-electron chi connectivity index (χ2n) is 14.4. The van der Waals surface area contributed by atoms with Crippen LogP contribution in [0.3, 0.4) is 0 Å². The number of pyridine rings is 1. The molecule has 290 valence electrons. The van der Waals surface area contributed by atoms with Gasteiger partial charge in [0, 0.05) is 42.8 Å². The summed E-state index contributed by atoms with van der Waals surface area (Å²) in [5.41, 5.74) is -2.41. The monoisotopic (exact) mass is 810 g/mol. The fourth-order valence-corrected chi connectivity index (χ4v) is 9.26. The van der Waals surface area contributed by atoms with Crippen LogP contribution in [0, 0.1) is 5.92 Å². The minimum atomic E-state index is -4.67. The third-order valence-corrected chi connectivity index (χ3v) is 14.0. The molecule has 2 N–H and O–H groups in total. The molecular weight excluding hydrogens is 773 g/mol. The number of hydrogen-bond donors (Lipinski definition) is 2. The highest BCUT2D eigenvalue weighted by atomic mass is 35.5. The van der Waals surface area contributed by atoms with Gasteiger partial charge < -0.3 is 24.6 Å². The van der Waals surface area contributed by atoms with Crippen molar-refractivity contribution in [3.63, 3.8) is 0 Å². The third kappa shape index (κ3) is 7.07. The molecule has 7 rings (SSSR count). The molecular formula is C35H38ClF3N6O7S2. The maximum absolute atomic E-state index is 14.2. The standard InChI is InChI=1S/C35H38ClF3N6O7S2/c1-33(11-12-33)54(49,50)43-31(47)34-16-19(34)8-6-4-5-7-13-44(2)30(46)23-14-20(17-45(23)32(48)42-34)52-25-15-22(29-41-26(18-53-29)35(37,38)39)40-28-21(25)9-10-24(51-3)27(28)36/h6,8-10,15,18-20,23H,4-5,7,11-14,16-17H2,1-3H3,(H,42,48)(H,43,47)/b8-6-/t19-,20+,23+,34-/m1/s1. The largest absolute Gasteiger partial charge is 0.495 e. The van der Waals surface area contributed by atoms with Crippen molar-refractivity contribution < 1.29 is 45.4 Å². The lowest BCUT2D eigenvalue weighted by Crippen LogP contribution is -2.58. The van der Waals surface area contributed by atoms with E-state index >= 15 is 0 Å². The Morgan fingerprint density at radius 1 is 1.17 bits per heavy atom. The van der Waals surface area contributed by atoms with Gasteiger partial charge in [-0.25, -0.2) is 23.2 Å². The molecule has 19 heteroatoms. The minimum absolute atomic E-state index is 0.0321. The maximum atomic E-state index is 14.2. The quantitative estimate of drug-likeness (QED) is 0.293. The van der Waals surface area contributed by atoms with Crippen molar-refractivity contribution in [1.82, 2.24) is 29.8 Å². The molecule has 2 aromatic heterocycles. The van der Waals surface area contributed by atoms with Crippen LogP contribution in [0.5, 0.6) is 11.5 Å². The van der Waals surface area contributed by atoms with E-state index in [9.17, 15) is 36.0 Å². The summed E-state index contributed by atoms with van der Waals surface area (Å²) in [6.45, 7) is 1.87. The van der Waals surface area contributed by atoms with Crippen LogP contribution in [-0.2, 0) is 25.8 Å². The summed E-state index contributed by atoms with van der Waals surface area (Å²) in [5, 5.41) is 4.12. The number of rotatable bonds is 7. The summed E-state index contributed by atoms with van der Waals surface area (Å²) >= 11 is 7.38. The fraction of sp³-hybridized carbons (Fsp3) is 0.514. The van der Waals surface area contributed by atoms with Gasteiger partial charge in [0.1, 0.15) is 44.9 Å². The molecule has 2 aliphatic carbocycles. The number of nitrogens with zero attached hydrogens (tertiary/aromatic N) is 4. The Morgan fingerprint density at radius 2 is 1.93 bits per heavy atom. The first kappa shape index (κ1) is 38.1. The van der Waals surface area contributed by atoms with Crippen LogP contribution in [-0.4, -0.2) is 95.7 Å². The summed E-state index contributed by atoms with van der Waals surface area (Å²) in [6.07, 6.45) is 1.38. The van der Waals surface area contributed by atoms with Crippen molar-refractivity contribution in [2.75, 3.05) is 27.2 Å². The maximum Gasteiger partial charge on any atom is 0.434 e. The first-order valence-electron chi connectivity index (χ1n) is 17.4. The molecule has 0 radical (unpaired) electrons. The number of urea groups is 1. The number of nitrogens with one attached hydrogen (secondary N) is 2. The predicted molar refractivity (Wildman–Crippen MR) is 194 cm³/mol. The second kappa shape index (κ2) is 13.8. The number of carbonyl (C=O) groups excluding carboxylic acids is 3. The van der Waals surface area contributed by atoms with Gasteiger partial charge in [-0.1, -0.05) is 23.8 Å². The third-order valence-electron chi connectivity index (χ3n) is 10.6. The number of sulfonamides is 1. The van der Waals surface area contributed by atoms with Crippen LogP contribution < -0.4 is 19.5 Å². The molecule has 3 aromatic rings. The Kier molecular flexibility index (Phi) is 9.78. The van der Waals surface area contributed by atoms with Gasteiger partial charge in [-0.05, 0) is 57.6 Å². The minimum Gasteiger partial charge on any atom is -0.495 e. The Hall–Kier alpha value is -4.16. The van der Waals surface area contributed by atoms with Crippen molar-refractivity contribution >= 4 is 61.7 Å². The van der Waals surface area contributed by atoms with E-state index in [2.05, 4.69) is 20.0 Å². The number of benzene rings is 1. The van der Waals surface area contributed by atoms with Crippen molar-refractivity contribution in [2.45, 2.75) is 80.5 Å². The van der Waals surface area contributed by atoms with E-state index in [4.69, 9.17) is 21.1 Å². The van der Waals surface area contributed by atoms with Gasteiger partial charge in [-0.15, -0.1) is 11.3 Å². The summed E-state index contributed by atoms with van der Waals surface area (Å²) < 4.78 is 79.5. The molecule has 0 spiro atoms. The van der Waals surface area contributed by atoms with Crippen LogP contribution in [0.25, 0.3) is 21.6 Å². The van der Waals surface area contributed by atoms with Crippen LogP contribution >= 0.6 is 22.9 Å². The van der Waals surface area contributed by atoms with Crippen LogP contribution in [0.2, 0.25) is 5.02 Å². The van der Waals surface area contributed by atoms with Crippen molar-refractivity contribution in [3.05, 3.63) is 46.4 Å². The average Bonchev–Trinajstić information content (AvgIpc) is 3.88. The van der Waals surface area contributed by atoms with Gasteiger partial charge in [-0.3, -0.25) is 14.3 Å². The summed E-state index contributed by atoms with van der Waals surface area (Å²) in [5.74, 6) is -1.22. The second-order valence-corrected chi connectivity index (χ2v) is 17.9. The van der Waals surface area contributed by atoms with E-state index in [0.29, 0.717) is 37.6 Å². The Balaban J connectivity index is 1.21. The Morgan fingerprint density at radius 3 is 2.61 bits per heavy atom. The summed E-state index contributed by atoms with van der Waals surface area (Å²) in [6, 6.07) is 2.88. The first-order valence-corrected chi connectivity index (χ1v) is 20.1. The van der Waals surface area contributed by atoms with E-state index in [1.54, 1.807) is 31.0 Å². The zero-order chi connectivity index (χ0) is 38.8. The van der Waals surface area contributed by atoms with Gasteiger partial charge in [-0.2, -0.15) is 13.2 Å². The van der Waals surface area contributed by atoms with E-state index in [1.807, 2.05) is 12.2 Å². The highest BCUT2D eigenvalue weighted by Gasteiger charge is 2.63. The number of alkyl halides is 3. The van der Waals surface area contributed by atoms with Gasteiger partial charge in [0.15, 0.2) is 5.69 Å². The molecule has 1 aromatic carbocycles. The van der Waals surface area contributed by atoms with E-state index < -0.39 is 62.2 Å².